The highest BCUT2D eigenvalue weighted by Crippen LogP contribution is 2.25. The Morgan fingerprint density at radius 2 is 1.97 bits per heavy atom. The van der Waals surface area contributed by atoms with Gasteiger partial charge in [-0.2, -0.15) is 5.10 Å². The molecule has 3 heterocycles. The molecule has 1 aromatic carbocycles. The molecule has 0 unspecified atom stereocenters. The van der Waals surface area contributed by atoms with Crippen molar-refractivity contribution in [2.45, 2.75) is 32.7 Å². The van der Waals surface area contributed by atoms with Crippen LogP contribution in [0.2, 0.25) is 0 Å². The Labute approximate surface area is 209 Å². The summed E-state index contributed by atoms with van der Waals surface area (Å²) in [5, 5.41) is 10.3. The van der Waals surface area contributed by atoms with Gasteiger partial charge in [-0.3, -0.25) is 14.5 Å². The molecule has 36 heavy (non-hydrogen) atoms. The second kappa shape index (κ2) is 11.4. The van der Waals surface area contributed by atoms with Crippen LogP contribution in [0.4, 0.5) is 15.9 Å². The van der Waals surface area contributed by atoms with Crippen molar-refractivity contribution in [3.05, 3.63) is 95.0 Å². The first-order valence-corrected chi connectivity index (χ1v) is 11.8. The summed E-state index contributed by atoms with van der Waals surface area (Å²) < 4.78 is 21.8. The van der Waals surface area contributed by atoms with Crippen LogP contribution < -0.4 is 15.4 Å². The van der Waals surface area contributed by atoms with Gasteiger partial charge in [0.05, 0.1) is 31.2 Å². The first-order valence-electron chi connectivity index (χ1n) is 11.8. The van der Waals surface area contributed by atoms with E-state index in [2.05, 4.69) is 38.7 Å². The fourth-order valence-corrected chi connectivity index (χ4v) is 3.93. The minimum atomic E-state index is -0.449. The first kappa shape index (κ1) is 24.8. The molecule has 0 bridgehead atoms. The summed E-state index contributed by atoms with van der Waals surface area (Å²) in [4.78, 5) is 21.0. The number of hydrogen-bond donors (Lipinski definition) is 2. The van der Waals surface area contributed by atoms with E-state index >= 15 is 0 Å². The second-order valence-corrected chi connectivity index (χ2v) is 8.31. The SMILES string of the molecule is CCc1cc(CCc2cc(C(=O)NC)cc(OC)c2F)cnc1Nc1cnn(Cc2ccccn2)c1. The fourth-order valence-electron chi connectivity index (χ4n) is 3.93. The number of anilines is 2. The molecule has 0 atom stereocenters. The molecular weight excluding hydrogens is 459 g/mol. The van der Waals surface area contributed by atoms with Gasteiger partial charge in [0.1, 0.15) is 5.82 Å². The van der Waals surface area contributed by atoms with E-state index < -0.39 is 5.82 Å². The zero-order valence-electron chi connectivity index (χ0n) is 20.6. The van der Waals surface area contributed by atoms with E-state index in [9.17, 15) is 9.18 Å². The van der Waals surface area contributed by atoms with Crippen molar-refractivity contribution in [2.24, 2.45) is 0 Å². The van der Waals surface area contributed by atoms with Crippen LogP contribution in [0.5, 0.6) is 5.75 Å². The van der Waals surface area contributed by atoms with Crippen molar-refractivity contribution in [1.29, 1.82) is 0 Å². The van der Waals surface area contributed by atoms with Gasteiger partial charge in [0.2, 0.25) is 0 Å². The van der Waals surface area contributed by atoms with Crippen molar-refractivity contribution >= 4 is 17.4 Å². The number of nitrogens with zero attached hydrogens (tertiary/aromatic N) is 4. The van der Waals surface area contributed by atoms with Gasteiger partial charge in [0, 0.05) is 31.2 Å². The van der Waals surface area contributed by atoms with Gasteiger partial charge >= 0.3 is 0 Å². The highest BCUT2D eigenvalue weighted by Gasteiger charge is 2.15. The maximum Gasteiger partial charge on any atom is 0.251 e. The lowest BCUT2D eigenvalue weighted by atomic mass is 10.0. The topological polar surface area (TPSA) is 94.0 Å². The molecule has 0 saturated heterocycles. The third-order valence-electron chi connectivity index (χ3n) is 5.86. The molecule has 4 aromatic rings. The number of benzene rings is 1. The summed E-state index contributed by atoms with van der Waals surface area (Å²) in [6, 6.07) is 10.9. The number of ether oxygens (including phenoxy) is 1. The Balaban J connectivity index is 1.46. The highest BCUT2D eigenvalue weighted by atomic mass is 19.1. The predicted octanol–water partition coefficient (Wildman–Crippen LogP) is 4.32. The summed E-state index contributed by atoms with van der Waals surface area (Å²) in [7, 11) is 2.93. The minimum Gasteiger partial charge on any atom is -0.494 e. The van der Waals surface area contributed by atoms with Crippen LogP contribution in [0.15, 0.2) is 61.2 Å². The minimum absolute atomic E-state index is 0.0570. The summed E-state index contributed by atoms with van der Waals surface area (Å²) >= 11 is 0. The molecule has 2 N–H and O–H groups in total. The number of hydrogen-bond acceptors (Lipinski definition) is 6. The van der Waals surface area contributed by atoms with Crippen LogP contribution >= 0.6 is 0 Å². The number of aryl methyl sites for hydroxylation is 3. The van der Waals surface area contributed by atoms with Crippen molar-refractivity contribution in [1.82, 2.24) is 25.1 Å². The van der Waals surface area contributed by atoms with Gasteiger partial charge in [-0.25, -0.2) is 9.37 Å². The zero-order chi connectivity index (χ0) is 25.5. The lowest BCUT2D eigenvalue weighted by molar-refractivity contribution is 0.0962. The van der Waals surface area contributed by atoms with Crippen LogP contribution in [0.25, 0.3) is 0 Å². The molecule has 9 heteroatoms. The molecule has 0 radical (unpaired) electrons. The molecule has 8 nitrogen and oxygen atoms in total. The predicted molar refractivity (Wildman–Crippen MR) is 136 cm³/mol. The Kier molecular flexibility index (Phi) is 7.89. The zero-order valence-corrected chi connectivity index (χ0v) is 20.6. The molecule has 1 amide bonds. The van der Waals surface area contributed by atoms with Crippen molar-refractivity contribution in [3.63, 3.8) is 0 Å². The second-order valence-electron chi connectivity index (χ2n) is 8.31. The number of carbonyl (C=O) groups is 1. The van der Waals surface area contributed by atoms with Gasteiger partial charge in [0.15, 0.2) is 11.6 Å². The quantitative estimate of drug-likeness (QED) is 0.345. The van der Waals surface area contributed by atoms with Crippen LogP contribution in [0.3, 0.4) is 0 Å². The lowest BCUT2D eigenvalue weighted by Gasteiger charge is -2.12. The van der Waals surface area contributed by atoms with Crippen molar-refractivity contribution in [3.8, 4) is 5.75 Å². The third-order valence-corrected chi connectivity index (χ3v) is 5.86. The monoisotopic (exact) mass is 488 g/mol. The number of nitrogens with one attached hydrogen (secondary N) is 2. The molecule has 4 rings (SSSR count). The van der Waals surface area contributed by atoms with Crippen LogP contribution in [-0.2, 0) is 25.8 Å². The van der Waals surface area contributed by atoms with Gasteiger partial charge < -0.3 is 15.4 Å². The lowest BCUT2D eigenvalue weighted by Crippen LogP contribution is -2.18. The van der Waals surface area contributed by atoms with Gasteiger partial charge in [0.25, 0.3) is 5.91 Å². The number of aromatic nitrogens is 4. The van der Waals surface area contributed by atoms with Crippen LogP contribution in [0, 0.1) is 5.82 Å². The first-order chi connectivity index (χ1) is 17.5. The molecule has 0 aliphatic rings. The van der Waals surface area contributed by atoms with E-state index in [0.717, 1.165) is 34.7 Å². The molecule has 0 aliphatic heterocycles. The summed E-state index contributed by atoms with van der Waals surface area (Å²) in [5.74, 6) is 0.0767. The Hall–Kier alpha value is -4.27. The Morgan fingerprint density at radius 3 is 2.69 bits per heavy atom. The summed E-state index contributed by atoms with van der Waals surface area (Å²) in [6.45, 7) is 2.64. The number of amides is 1. The van der Waals surface area contributed by atoms with E-state index in [1.807, 2.05) is 29.1 Å². The average Bonchev–Trinajstić information content (AvgIpc) is 3.35. The number of carbonyl (C=O) groups excluding carboxylic acids is 1. The van der Waals surface area contributed by atoms with E-state index in [0.29, 0.717) is 30.5 Å². The number of rotatable bonds is 10. The van der Waals surface area contributed by atoms with Crippen molar-refractivity contribution in [2.75, 3.05) is 19.5 Å². The van der Waals surface area contributed by atoms with Gasteiger partial charge in [-0.1, -0.05) is 19.1 Å². The van der Waals surface area contributed by atoms with Crippen LogP contribution in [-0.4, -0.2) is 39.8 Å². The number of halogens is 1. The number of pyridine rings is 2. The Morgan fingerprint density at radius 1 is 1.11 bits per heavy atom. The molecule has 0 spiro atoms. The average molecular weight is 489 g/mol. The van der Waals surface area contributed by atoms with E-state index in [4.69, 9.17) is 4.74 Å². The maximum absolute atomic E-state index is 14.8. The van der Waals surface area contributed by atoms with Gasteiger partial charge in [-0.05, 0) is 60.2 Å². The highest BCUT2D eigenvalue weighted by molar-refractivity contribution is 5.94. The standard InChI is InChI=1S/C27H29FN6O2/c1-4-19-11-18(8-9-20-12-21(27(35)29-2)13-24(36-3)25(20)28)14-31-26(19)33-23-15-32-34(17-23)16-22-7-5-6-10-30-22/h5-7,10-15,17H,4,8-9,16H2,1-3H3,(H,29,35)(H,31,33). The van der Waals surface area contributed by atoms with Crippen molar-refractivity contribution < 1.29 is 13.9 Å². The maximum atomic E-state index is 14.8. The van der Waals surface area contributed by atoms with E-state index in [-0.39, 0.29) is 11.7 Å². The fraction of sp³-hybridized carbons (Fsp3) is 0.259. The molecule has 3 aromatic heterocycles. The third kappa shape index (κ3) is 5.86. The summed E-state index contributed by atoms with van der Waals surface area (Å²) in [6.07, 6.45) is 8.98. The molecular formula is C27H29FN6O2. The smallest absolute Gasteiger partial charge is 0.251 e. The van der Waals surface area contributed by atoms with E-state index in [1.54, 1.807) is 24.7 Å². The van der Waals surface area contributed by atoms with Crippen LogP contribution in [0.1, 0.15) is 39.7 Å². The van der Waals surface area contributed by atoms with E-state index in [1.165, 1.54) is 20.2 Å². The molecule has 0 aliphatic carbocycles. The van der Waals surface area contributed by atoms with Gasteiger partial charge in [-0.15, -0.1) is 0 Å². The molecule has 0 saturated carbocycles. The summed E-state index contributed by atoms with van der Waals surface area (Å²) in [5.41, 5.74) is 4.57. The largest absolute Gasteiger partial charge is 0.494 e. The molecule has 0 fully saturated rings. The number of methoxy groups -OCH3 is 1. The normalized spacial score (nSPS) is 10.8. The Bertz CT molecular complexity index is 1340. The molecule has 186 valence electrons.